The van der Waals surface area contributed by atoms with Gasteiger partial charge in [0.25, 0.3) is 0 Å². The number of ether oxygens (including phenoxy) is 1. The number of hydrogen-bond donors (Lipinski definition) is 1. The van der Waals surface area contributed by atoms with E-state index in [1.807, 2.05) is 6.07 Å². The predicted molar refractivity (Wildman–Crippen MR) is 61.7 cm³/mol. The van der Waals surface area contributed by atoms with E-state index in [0.717, 1.165) is 30.3 Å². The molecule has 0 saturated carbocycles. The van der Waals surface area contributed by atoms with Gasteiger partial charge in [-0.25, -0.2) is 0 Å². The molecule has 0 amide bonds. The van der Waals surface area contributed by atoms with Crippen LogP contribution < -0.4 is 10.5 Å². The summed E-state index contributed by atoms with van der Waals surface area (Å²) in [5, 5.41) is 0. The number of pyridine rings is 1. The molecule has 0 radical (unpaired) electrons. The summed E-state index contributed by atoms with van der Waals surface area (Å²) in [5.41, 5.74) is 6.62. The summed E-state index contributed by atoms with van der Waals surface area (Å²) >= 11 is 0. The van der Waals surface area contributed by atoms with Crippen molar-refractivity contribution < 1.29 is 4.74 Å². The van der Waals surface area contributed by atoms with Crippen molar-refractivity contribution in [3.05, 3.63) is 24.0 Å². The van der Waals surface area contributed by atoms with Crippen molar-refractivity contribution in [2.24, 2.45) is 11.7 Å². The van der Waals surface area contributed by atoms with Gasteiger partial charge in [-0.3, -0.25) is 4.98 Å². The highest BCUT2D eigenvalue weighted by molar-refractivity contribution is 5.29. The van der Waals surface area contributed by atoms with Crippen LogP contribution in [0.25, 0.3) is 0 Å². The number of rotatable bonds is 6. The molecule has 0 saturated heterocycles. The van der Waals surface area contributed by atoms with Gasteiger partial charge in [-0.05, 0) is 24.8 Å². The molecule has 15 heavy (non-hydrogen) atoms. The molecule has 1 aromatic heterocycles. The lowest BCUT2D eigenvalue weighted by Gasteiger charge is -2.10. The maximum absolute atomic E-state index is 5.64. The van der Waals surface area contributed by atoms with Crippen molar-refractivity contribution in [1.29, 1.82) is 0 Å². The fraction of sp³-hybridized carbons (Fsp3) is 0.583. The Kier molecular flexibility index (Phi) is 5.12. The van der Waals surface area contributed by atoms with Gasteiger partial charge in [-0.1, -0.05) is 13.8 Å². The average molecular weight is 208 g/mol. The lowest BCUT2D eigenvalue weighted by atomic mass is 10.1. The minimum absolute atomic E-state index is 0.502. The molecule has 0 bridgehead atoms. The molecule has 0 fully saturated rings. The maximum Gasteiger partial charge on any atom is 0.142 e. The second kappa shape index (κ2) is 6.40. The van der Waals surface area contributed by atoms with Crippen LogP contribution in [-0.4, -0.2) is 11.6 Å². The van der Waals surface area contributed by atoms with Gasteiger partial charge in [0.05, 0.1) is 12.8 Å². The van der Waals surface area contributed by atoms with Crippen LogP contribution in [-0.2, 0) is 6.54 Å². The number of aromatic nitrogens is 1. The molecule has 1 heterocycles. The predicted octanol–water partition coefficient (Wildman–Crippen LogP) is 2.36. The Morgan fingerprint density at radius 3 is 2.93 bits per heavy atom. The molecule has 84 valence electrons. The Bertz CT molecular complexity index is 287. The van der Waals surface area contributed by atoms with Gasteiger partial charge in [-0.15, -0.1) is 0 Å². The molecule has 0 spiro atoms. The standard InChI is InChI=1S/C12H20N2O/c1-10(2)4-3-7-15-12-9-14-6-5-11(12)8-13/h5-6,9-10H,3-4,7-8,13H2,1-2H3. The van der Waals surface area contributed by atoms with Crippen LogP contribution in [0, 0.1) is 5.92 Å². The van der Waals surface area contributed by atoms with E-state index in [-0.39, 0.29) is 0 Å². The number of nitrogens with two attached hydrogens (primary N) is 1. The van der Waals surface area contributed by atoms with Crippen molar-refractivity contribution >= 4 is 0 Å². The van der Waals surface area contributed by atoms with Gasteiger partial charge >= 0.3 is 0 Å². The van der Waals surface area contributed by atoms with Crippen molar-refractivity contribution in [3.8, 4) is 5.75 Å². The first-order chi connectivity index (χ1) is 7.24. The summed E-state index contributed by atoms with van der Waals surface area (Å²) in [6.45, 7) is 5.68. The SMILES string of the molecule is CC(C)CCCOc1cnccc1CN. The quantitative estimate of drug-likeness (QED) is 0.730. The topological polar surface area (TPSA) is 48.1 Å². The second-order valence-electron chi connectivity index (χ2n) is 4.07. The van der Waals surface area contributed by atoms with E-state index in [1.165, 1.54) is 6.42 Å². The molecule has 0 aliphatic carbocycles. The Labute approximate surface area is 91.7 Å². The van der Waals surface area contributed by atoms with Crippen LogP contribution in [0.4, 0.5) is 0 Å². The fourth-order valence-electron chi connectivity index (χ4n) is 1.38. The van der Waals surface area contributed by atoms with Gasteiger partial charge in [0.2, 0.25) is 0 Å². The van der Waals surface area contributed by atoms with E-state index in [4.69, 9.17) is 10.5 Å². The van der Waals surface area contributed by atoms with Gasteiger partial charge in [0.15, 0.2) is 0 Å². The van der Waals surface area contributed by atoms with Crippen molar-refractivity contribution in [1.82, 2.24) is 4.98 Å². The maximum atomic E-state index is 5.64. The minimum Gasteiger partial charge on any atom is -0.492 e. The van der Waals surface area contributed by atoms with Crippen LogP contribution >= 0.6 is 0 Å². The molecule has 1 aromatic rings. The summed E-state index contributed by atoms with van der Waals surface area (Å²) < 4.78 is 5.64. The van der Waals surface area contributed by atoms with Crippen LogP contribution in [0.1, 0.15) is 32.3 Å². The average Bonchev–Trinajstić information content (AvgIpc) is 2.24. The molecule has 0 aliphatic heterocycles. The molecule has 0 unspecified atom stereocenters. The monoisotopic (exact) mass is 208 g/mol. The normalized spacial score (nSPS) is 10.7. The third-order valence-electron chi connectivity index (χ3n) is 2.27. The highest BCUT2D eigenvalue weighted by atomic mass is 16.5. The lowest BCUT2D eigenvalue weighted by Crippen LogP contribution is -2.05. The molecule has 0 aliphatic rings. The van der Waals surface area contributed by atoms with E-state index in [2.05, 4.69) is 18.8 Å². The first-order valence-corrected chi connectivity index (χ1v) is 5.49. The molecule has 2 N–H and O–H groups in total. The number of hydrogen-bond acceptors (Lipinski definition) is 3. The summed E-state index contributed by atoms with van der Waals surface area (Å²) in [6.07, 6.45) is 5.75. The smallest absolute Gasteiger partial charge is 0.142 e. The zero-order valence-electron chi connectivity index (χ0n) is 9.57. The van der Waals surface area contributed by atoms with Crippen LogP contribution in [0.3, 0.4) is 0 Å². The summed E-state index contributed by atoms with van der Waals surface area (Å²) in [4.78, 5) is 4.03. The molecular formula is C12H20N2O. The van der Waals surface area contributed by atoms with Crippen molar-refractivity contribution in [2.75, 3.05) is 6.61 Å². The number of nitrogens with zero attached hydrogens (tertiary/aromatic N) is 1. The molecule has 3 nitrogen and oxygen atoms in total. The van der Waals surface area contributed by atoms with Crippen LogP contribution in [0.15, 0.2) is 18.5 Å². The second-order valence-corrected chi connectivity index (χ2v) is 4.07. The molecule has 0 atom stereocenters. The van der Waals surface area contributed by atoms with E-state index in [0.29, 0.717) is 6.54 Å². The molecule has 1 rings (SSSR count). The molecule has 0 aromatic carbocycles. The third kappa shape index (κ3) is 4.30. The lowest BCUT2D eigenvalue weighted by molar-refractivity contribution is 0.294. The summed E-state index contributed by atoms with van der Waals surface area (Å²) in [6, 6.07) is 1.90. The van der Waals surface area contributed by atoms with E-state index < -0.39 is 0 Å². The molecule has 3 heteroatoms. The first kappa shape index (κ1) is 12.0. The highest BCUT2D eigenvalue weighted by Crippen LogP contribution is 2.16. The van der Waals surface area contributed by atoms with Crippen LogP contribution in [0.5, 0.6) is 5.75 Å². The fourth-order valence-corrected chi connectivity index (χ4v) is 1.38. The van der Waals surface area contributed by atoms with Crippen LogP contribution in [0.2, 0.25) is 0 Å². The largest absolute Gasteiger partial charge is 0.492 e. The summed E-state index contributed by atoms with van der Waals surface area (Å²) in [7, 11) is 0. The van der Waals surface area contributed by atoms with Gasteiger partial charge in [0.1, 0.15) is 5.75 Å². The highest BCUT2D eigenvalue weighted by Gasteiger charge is 2.01. The van der Waals surface area contributed by atoms with Gasteiger partial charge in [0, 0.05) is 18.3 Å². The Morgan fingerprint density at radius 2 is 2.27 bits per heavy atom. The zero-order chi connectivity index (χ0) is 11.1. The van der Waals surface area contributed by atoms with Crippen molar-refractivity contribution in [2.45, 2.75) is 33.2 Å². The summed E-state index contributed by atoms with van der Waals surface area (Å²) in [5.74, 6) is 1.56. The minimum atomic E-state index is 0.502. The van der Waals surface area contributed by atoms with Gasteiger partial charge in [-0.2, -0.15) is 0 Å². The van der Waals surface area contributed by atoms with E-state index in [9.17, 15) is 0 Å². The Balaban J connectivity index is 2.36. The Hall–Kier alpha value is -1.09. The van der Waals surface area contributed by atoms with Gasteiger partial charge < -0.3 is 10.5 Å². The Morgan fingerprint density at radius 1 is 1.47 bits per heavy atom. The van der Waals surface area contributed by atoms with Crippen molar-refractivity contribution in [3.63, 3.8) is 0 Å². The van der Waals surface area contributed by atoms with E-state index >= 15 is 0 Å². The van der Waals surface area contributed by atoms with E-state index in [1.54, 1.807) is 12.4 Å². The third-order valence-corrected chi connectivity index (χ3v) is 2.27. The molecular weight excluding hydrogens is 188 g/mol. The zero-order valence-corrected chi connectivity index (χ0v) is 9.57. The first-order valence-electron chi connectivity index (χ1n) is 5.49.